The molecule has 8 nitrogen and oxygen atoms in total. The van der Waals surface area contributed by atoms with Crippen LogP contribution in [0.5, 0.6) is 0 Å². The summed E-state index contributed by atoms with van der Waals surface area (Å²) < 4.78 is 10.3. The lowest BCUT2D eigenvalue weighted by Crippen LogP contribution is -2.55. The third kappa shape index (κ3) is 3.89. The first kappa shape index (κ1) is 17.2. The van der Waals surface area contributed by atoms with Gasteiger partial charge in [-0.1, -0.05) is 18.0 Å². The molecule has 2 heterocycles. The third-order valence-electron chi connectivity index (χ3n) is 4.71. The van der Waals surface area contributed by atoms with Gasteiger partial charge >= 0.3 is 5.97 Å². The van der Waals surface area contributed by atoms with E-state index in [1.165, 1.54) is 6.26 Å². The Bertz CT molecular complexity index is 739. The van der Waals surface area contributed by atoms with Gasteiger partial charge in [0.05, 0.1) is 17.7 Å². The molecule has 2 aromatic rings. The minimum Gasteiger partial charge on any atom is -0.481 e. The number of hydrogen-bond donors (Lipinski definition) is 2. The Morgan fingerprint density at radius 3 is 3.00 bits per heavy atom. The maximum Gasteiger partial charge on any atom is 0.308 e. The molecule has 25 heavy (non-hydrogen) atoms. The largest absolute Gasteiger partial charge is 0.481 e. The van der Waals surface area contributed by atoms with E-state index in [4.69, 9.17) is 8.94 Å². The lowest BCUT2D eigenvalue weighted by atomic mass is 9.74. The highest BCUT2D eigenvalue weighted by atomic mass is 16.5. The number of hydrogen-bond acceptors (Lipinski definition) is 6. The van der Waals surface area contributed by atoms with Gasteiger partial charge in [-0.25, -0.2) is 0 Å². The van der Waals surface area contributed by atoms with Crippen LogP contribution in [-0.2, 0) is 16.0 Å². The zero-order chi connectivity index (χ0) is 17.9. The van der Waals surface area contributed by atoms with E-state index in [9.17, 15) is 14.7 Å². The Kier molecular flexibility index (Phi) is 4.87. The number of carbonyl (C=O) groups excluding carboxylic acids is 1. The van der Waals surface area contributed by atoms with Crippen LogP contribution in [0.1, 0.15) is 44.9 Å². The van der Waals surface area contributed by atoms with Crippen LogP contribution in [0.3, 0.4) is 0 Å². The Morgan fingerprint density at radius 1 is 1.44 bits per heavy atom. The fourth-order valence-corrected chi connectivity index (χ4v) is 3.34. The Hall–Kier alpha value is -2.64. The molecular weight excluding hydrogens is 326 g/mol. The number of rotatable bonds is 6. The number of nitrogens with one attached hydrogen (secondary N) is 1. The number of furan rings is 1. The van der Waals surface area contributed by atoms with Crippen LogP contribution >= 0.6 is 0 Å². The van der Waals surface area contributed by atoms with E-state index in [0.717, 1.165) is 12.8 Å². The standard InChI is InChI=1S/C17H21N3O5/c1-17(9-3-2-5-11(17)16(22)23)19-13(21)7-8-14-18-15(20-25-14)12-6-4-10-24-12/h4,6,10-11H,2-3,5,7-9H2,1H3,(H,19,21)(H,22,23). The van der Waals surface area contributed by atoms with Crippen LogP contribution in [0.15, 0.2) is 27.3 Å². The van der Waals surface area contributed by atoms with Crippen molar-refractivity contribution in [2.45, 2.75) is 51.0 Å². The summed E-state index contributed by atoms with van der Waals surface area (Å²) in [6.07, 6.45) is 5.00. The van der Waals surface area contributed by atoms with Crippen molar-refractivity contribution < 1.29 is 23.6 Å². The number of carboxylic acids is 1. The van der Waals surface area contributed by atoms with Crippen molar-refractivity contribution in [2.24, 2.45) is 5.92 Å². The van der Waals surface area contributed by atoms with E-state index in [1.54, 1.807) is 12.1 Å². The summed E-state index contributed by atoms with van der Waals surface area (Å²) in [6.45, 7) is 1.81. The molecule has 1 amide bonds. The molecule has 2 N–H and O–H groups in total. The second-order valence-corrected chi connectivity index (χ2v) is 6.59. The minimum absolute atomic E-state index is 0.154. The van der Waals surface area contributed by atoms with E-state index >= 15 is 0 Å². The third-order valence-corrected chi connectivity index (χ3v) is 4.71. The summed E-state index contributed by atoms with van der Waals surface area (Å²) in [5.41, 5.74) is -0.713. The summed E-state index contributed by atoms with van der Waals surface area (Å²) in [4.78, 5) is 27.9. The molecule has 134 valence electrons. The van der Waals surface area contributed by atoms with Crippen molar-refractivity contribution in [3.63, 3.8) is 0 Å². The van der Waals surface area contributed by atoms with E-state index in [2.05, 4.69) is 15.5 Å². The Balaban J connectivity index is 1.56. The number of nitrogens with zero attached hydrogens (tertiary/aromatic N) is 2. The summed E-state index contributed by atoms with van der Waals surface area (Å²) in [7, 11) is 0. The molecule has 1 fully saturated rings. The van der Waals surface area contributed by atoms with E-state index in [1.807, 2.05) is 6.92 Å². The van der Waals surface area contributed by atoms with Crippen molar-refractivity contribution >= 4 is 11.9 Å². The van der Waals surface area contributed by atoms with Gasteiger partial charge < -0.3 is 19.4 Å². The van der Waals surface area contributed by atoms with Crippen molar-refractivity contribution in [3.8, 4) is 11.6 Å². The summed E-state index contributed by atoms with van der Waals surface area (Å²) in [5.74, 6) is -0.454. The molecular formula is C17H21N3O5. The number of carbonyl (C=O) groups is 2. The summed E-state index contributed by atoms with van der Waals surface area (Å²) >= 11 is 0. The fourth-order valence-electron chi connectivity index (χ4n) is 3.34. The maximum absolute atomic E-state index is 12.3. The first-order valence-electron chi connectivity index (χ1n) is 8.38. The zero-order valence-electron chi connectivity index (χ0n) is 14.0. The molecule has 1 aliphatic rings. The van der Waals surface area contributed by atoms with Gasteiger partial charge in [-0.05, 0) is 31.9 Å². The Morgan fingerprint density at radius 2 is 2.28 bits per heavy atom. The molecule has 2 unspecified atom stereocenters. The first-order valence-corrected chi connectivity index (χ1v) is 8.38. The summed E-state index contributed by atoms with van der Waals surface area (Å²) in [5, 5.41) is 16.1. The molecule has 0 spiro atoms. The van der Waals surface area contributed by atoms with E-state index in [0.29, 0.717) is 30.3 Å². The molecule has 3 rings (SSSR count). The molecule has 0 aliphatic heterocycles. The van der Waals surface area contributed by atoms with Gasteiger partial charge in [-0.3, -0.25) is 9.59 Å². The topological polar surface area (TPSA) is 118 Å². The van der Waals surface area contributed by atoms with E-state index in [-0.39, 0.29) is 18.7 Å². The lowest BCUT2D eigenvalue weighted by molar-refractivity contribution is -0.146. The van der Waals surface area contributed by atoms with Gasteiger partial charge in [0, 0.05) is 12.8 Å². The quantitative estimate of drug-likeness (QED) is 0.823. The first-order chi connectivity index (χ1) is 12.0. The predicted molar refractivity (Wildman–Crippen MR) is 86.5 cm³/mol. The Labute approximate surface area is 144 Å². The predicted octanol–water partition coefficient (Wildman–Crippen LogP) is 2.41. The van der Waals surface area contributed by atoms with Crippen molar-refractivity contribution in [1.29, 1.82) is 0 Å². The maximum atomic E-state index is 12.3. The second-order valence-electron chi connectivity index (χ2n) is 6.59. The molecule has 1 aliphatic carbocycles. The van der Waals surface area contributed by atoms with Crippen LogP contribution in [0.4, 0.5) is 0 Å². The van der Waals surface area contributed by atoms with Crippen LogP contribution in [-0.4, -0.2) is 32.7 Å². The van der Waals surface area contributed by atoms with Gasteiger partial charge in [0.15, 0.2) is 5.76 Å². The smallest absolute Gasteiger partial charge is 0.308 e. The molecule has 0 bridgehead atoms. The van der Waals surface area contributed by atoms with Gasteiger partial charge in [-0.2, -0.15) is 4.98 Å². The molecule has 2 atom stereocenters. The average Bonchev–Trinajstić information content (AvgIpc) is 3.24. The van der Waals surface area contributed by atoms with Gasteiger partial charge in [0.2, 0.25) is 17.6 Å². The van der Waals surface area contributed by atoms with Crippen molar-refractivity contribution in [2.75, 3.05) is 0 Å². The lowest BCUT2D eigenvalue weighted by Gasteiger charge is -2.39. The molecule has 1 saturated carbocycles. The monoisotopic (exact) mass is 347 g/mol. The average molecular weight is 347 g/mol. The van der Waals surface area contributed by atoms with Crippen LogP contribution in [0.2, 0.25) is 0 Å². The molecule has 0 saturated heterocycles. The zero-order valence-corrected chi connectivity index (χ0v) is 14.0. The molecule has 0 radical (unpaired) electrons. The fraction of sp³-hybridized carbons (Fsp3) is 0.529. The van der Waals surface area contributed by atoms with Crippen molar-refractivity contribution in [3.05, 3.63) is 24.3 Å². The highest BCUT2D eigenvalue weighted by molar-refractivity contribution is 5.79. The number of aliphatic carboxylic acids is 1. The summed E-state index contributed by atoms with van der Waals surface area (Å²) in [6, 6.07) is 3.44. The van der Waals surface area contributed by atoms with Crippen LogP contribution in [0, 0.1) is 5.92 Å². The molecule has 0 aromatic carbocycles. The van der Waals surface area contributed by atoms with Crippen LogP contribution in [0.25, 0.3) is 11.6 Å². The number of amides is 1. The normalized spacial score (nSPS) is 23.3. The molecule has 8 heteroatoms. The van der Waals surface area contributed by atoms with Crippen LogP contribution < -0.4 is 5.32 Å². The number of aromatic nitrogens is 2. The number of carboxylic acid groups (broad SMARTS) is 1. The SMILES string of the molecule is CC1(NC(=O)CCc2nc(-c3ccco3)no2)CCCCC1C(=O)O. The van der Waals surface area contributed by atoms with Gasteiger partial charge in [-0.15, -0.1) is 0 Å². The van der Waals surface area contributed by atoms with E-state index < -0.39 is 17.4 Å². The minimum atomic E-state index is -0.859. The highest BCUT2D eigenvalue weighted by Gasteiger charge is 2.42. The van der Waals surface area contributed by atoms with Gasteiger partial charge in [0.25, 0.3) is 0 Å². The second kappa shape index (κ2) is 7.08. The number of aryl methyl sites for hydroxylation is 1. The highest BCUT2D eigenvalue weighted by Crippen LogP contribution is 2.34. The van der Waals surface area contributed by atoms with Crippen molar-refractivity contribution in [1.82, 2.24) is 15.5 Å². The molecule has 2 aromatic heterocycles. The van der Waals surface area contributed by atoms with Gasteiger partial charge in [0.1, 0.15) is 0 Å².